The fourth-order valence-electron chi connectivity index (χ4n) is 4.33. The Morgan fingerprint density at radius 3 is 2.62 bits per heavy atom. The molecule has 0 bridgehead atoms. The Hall–Kier alpha value is -3.28. The molecule has 0 radical (unpaired) electrons. The SMILES string of the molecule is CCCOc1ccc(C2/C(=C(/O)c3ccc4c(c3)CCCO4)C(=O)C(=O)N2CCC)cc1. The van der Waals surface area contributed by atoms with Crippen LogP contribution in [0.2, 0.25) is 0 Å². The van der Waals surface area contributed by atoms with Crippen LogP contribution in [-0.4, -0.2) is 41.5 Å². The average Bonchev–Trinajstić information content (AvgIpc) is 3.07. The first kappa shape index (κ1) is 21.9. The van der Waals surface area contributed by atoms with E-state index in [0.717, 1.165) is 41.9 Å². The summed E-state index contributed by atoms with van der Waals surface area (Å²) in [5.74, 6) is 0.162. The number of hydrogen-bond donors (Lipinski definition) is 1. The summed E-state index contributed by atoms with van der Waals surface area (Å²) in [6.45, 7) is 5.73. The molecular weight excluding hydrogens is 406 g/mol. The van der Waals surface area contributed by atoms with E-state index >= 15 is 0 Å². The summed E-state index contributed by atoms with van der Waals surface area (Å²) in [5.41, 5.74) is 2.42. The number of carbonyl (C=O) groups excluding carboxylic acids is 2. The Kier molecular flexibility index (Phi) is 6.49. The van der Waals surface area contributed by atoms with Crippen LogP contribution in [0.15, 0.2) is 48.0 Å². The number of aliphatic hydroxyl groups excluding tert-OH is 1. The first-order valence-corrected chi connectivity index (χ1v) is 11.3. The van der Waals surface area contributed by atoms with E-state index in [9.17, 15) is 14.7 Å². The van der Waals surface area contributed by atoms with Gasteiger partial charge in [0.2, 0.25) is 0 Å². The molecule has 1 saturated heterocycles. The monoisotopic (exact) mass is 435 g/mol. The molecule has 32 heavy (non-hydrogen) atoms. The summed E-state index contributed by atoms with van der Waals surface area (Å²) in [6.07, 6.45) is 3.37. The summed E-state index contributed by atoms with van der Waals surface area (Å²) in [4.78, 5) is 27.4. The van der Waals surface area contributed by atoms with Gasteiger partial charge in [-0.3, -0.25) is 9.59 Å². The number of fused-ring (bicyclic) bond motifs is 1. The summed E-state index contributed by atoms with van der Waals surface area (Å²) >= 11 is 0. The minimum absolute atomic E-state index is 0.127. The van der Waals surface area contributed by atoms with E-state index in [2.05, 4.69) is 0 Å². The largest absolute Gasteiger partial charge is 0.507 e. The fraction of sp³-hybridized carbons (Fsp3) is 0.385. The lowest BCUT2D eigenvalue weighted by atomic mass is 9.94. The number of benzene rings is 2. The molecule has 1 atom stereocenters. The molecule has 168 valence electrons. The Balaban J connectivity index is 1.77. The Bertz CT molecular complexity index is 1040. The highest BCUT2D eigenvalue weighted by Gasteiger charge is 2.45. The van der Waals surface area contributed by atoms with Crippen LogP contribution in [0.1, 0.15) is 55.8 Å². The lowest BCUT2D eigenvalue weighted by Gasteiger charge is -2.25. The van der Waals surface area contributed by atoms with E-state index < -0.39 is 17.7 Å². The van der Waals surface area contributed by atoms with Crippen molar-refractivity contribution in [3.05, 3.63) is 64.7 Å². The van der Waals surface area contributed by atoms with Gasteiger partial charge in [0.25, 0.3) is 11.7 Å². The van der Waals surface area contributed by atoms with Crippen LogP contribution in [0, 0.1) is 0 Å². The molecule has 1 amide bonds. The molecule has 0 aliphatic carbocycles. The first-order chi connectivity index (χ1) is 15.5. The van der Waals surface area contributed by atoms with Gasteiger partial charge < -0.3 is 19.5 Å². The molecule has 6 heteroatoms. The van der Waals surface area contributed by atoms with E-state index in [4.69, 9.17) is 9.47 Å². The molecule has 0 saturated carbocycles. The molecule has 0 aromatic heterocycles. The molecule has 2 aliphatic heterocycles. The van der Waals surface area contributed by atoms with E-state index in [0.29, 0.717) is 31.7 Å². The highest BCUT2D eigenvalue weighted by atomic mass is 16.5. The van der Waals surface area contributed by atoms with Crippen molar-refractivity contribution in [1.82, 2.24) is 4.90 Å². The number of ether oxygens (including phenoxy) is 2. The van der Waals surface area contributed by atoms with Gasteiger partial charge in [0, 0.05) is 12.1 Å². The summed E-state index contributed by atoms with van der Waals surface area (Å²) < 4.78 is 11.3. The van der Waals surface area contributed by atoms with Gasteiger partial charge >= 0.3 is 0 Å². The van der Waals surface area contributed by atoms with E-state index in [1.165, 1.54) is 0 Å². The predicted octanol–water partition coefficient (Wildman–Crippen LogP) is 4.63. The van der Waals surface area contributed by atoms with Crippen molar-refractivity contribution in [1.29, 1.82) is 0 Å². The number of amides is 1. The number of rotatable bonds is 7. The Morgan fingerprint density at radius 2 is 1.91 bits per heavy atom. The van der Waals surface area contributed by atoms with Crippen molar-refractivity contribution < 1.29 is 24.2 Å². The number of carbonyl (C=O) groups is 2. The number of nitrogens with zero attached hydrogens (tertiary/aromatic N) is 1. The van der Waals surface area contributed by atoms with Crippen molar-refractivity contribution in [2.75, 3.05) is 19.8 Å². The summed E-state index contributed by atoms with van der Waals surface area (Å²) in [7, 11) is 0. The third-order valence-corrected chi connectivity index (χ3v) is 5.86. The second kappa shape index (κ2) is 9.47. The standard InChI is InChI=1S/C26H29NO5/c1-3-13-27-23(17-7-10-20(11-8-17)31-14-4-2)22(25(29)26(27)30)24(28)19-9-12-21-18(16-19)6-5-15-32-21/h7-12,16,23,28H,3-6,13-15H2,1-2H3/b24-22-. The quantitative estimate of drug-likeness (QED) is 0.390. The molecule has 2 aromatic rings. The molecule has 1 N–H and O–H groups in total. The van der Waals surface area contributed by atoms with Crippen LogP contribution >= 0.6 is 0 Å². The van der Waals surface area contributed by atoms with Crippen molar-refractivity contribution >= 4 is 17.4 Å². The number of Topliss-reactive ketones (excluding diaryl/α,β-unsaturated/α-hetero) is 1. The van der Waals surface area contributed by atoms with Gasteiger partial charge in [-0.1, -0.05) is 26.0 Å². The highest BCUT2D eigenvalue weighted by molar-refractivity contribution is 6.46. The van der Waals surface area contributed by atoms with Crippen LogP contribution in [0.3, 0.4) is 0 Å². The average molecular weight is 436 g/mol. The van der Waals surface area contributed by atoms with Gasteiger partial charge in [-0.05, 0) is 67.1 Å². The number of ketones is 1. The normalized spacial score (nSPS) is 19.6. The molecule has 2 aromatic carbocycles. The molecular formula is C26H29NO5. The third-order valence-electron chi connectivity index (χ3n) is 5.86. The van der Waals surface area contributed by atoms with Crippen LogP contribution in [0.5, 0.6) is 11.5 Å². The molecule has 1 unspecified atom stereocenters. The maximum atomic E-state index is 13.0. The zero-order valence-electron chi connectivity index (χ0n) is 18.6. The van der Waals surface area contributed by atoms with Crippen molar-refractivity contribution in [3.63, 3.8) is 0 Å². The maximum absolute atomic E-state index is 13.0. The zero-order chi connectivity index (χ0) is 22.7. The third kappa shape index (κ3) is 4.09. The van der Waals surface area contributed by atoms with Crippen LogP contribution in [-0.2, 0) is 16.0 Å². The first-order valence-electron chi connectivity index (χ1n) is 11.3. The smallest absolute Gasteiger partial charge is 0.295 e. The summed E-state index contributed by atoms with van der Waals surface area (Å²) in [6, 6.07) is 12.2. The Morgan fingerprint density at radius 1 is 1.12 bits per heavy atom. The zero-order valence-corrected chi connectivity index (χ0v) is 18.6. The number of aryl methyl sites for hydroxylation is 1. The van der Waals surface area contributed by atoms with Gasteiger partial charge in [0.05, 0.1) is 24.8 Å². The van der Waals surface area contributed by atoms with Crippen molar-refractivity contribution in [2.45, 2.75) is 45.6 Å². The lowest BCUT2D eigenvalue weighted by Crippen LogP contribution is -2.30. The molecule has 2 heterocycles. The Labute approximate surface area is 188 Å². The fourth-order valence-corrected chi connectivity index (χ4v) is 4.33. The van der Waals surface area contributed by atoms with Gasteiger partial charge in [0.1, 0.15) is 17.3 Å². The molecule has 4 rings (SSSR count). The number of aliphatic hydroxyl groups is 1. The maximum Gasteiger partial charge on any atom is 0.295 e. The second-order valence-electron chi connectivity index (χ2n) is 8.18. The number of hydrogen-bond acceptors (Lipinski definition) is 5. The van der Waals surface area contributed by atoms with E-state index in [1.54, 1.807) is 11.0 Å². The second-order valence-corrected chi connectivity index (χ2v) is 8.18. The minimum atomic E-state index is -0.652. The van der Waals surface area contributed by atoms with E-state index in [-0.39, 0.29) is 11.3 Å². The number of likely N-dealkylation sites (tertiary alicyclic amines) is 1. The van der Waals surface area contributed by atoms with Crippen LogP contribution < -0.4 is 9.47 Å². The molecule has 0 spiro atoms. The van der Waals surface area contributed by atoms with Gasteiger partial charge in [0.15, 0.2) is 0 Å². The minimum Gasteiger partial charge on any atom is -0.507 e. The van der Waals surface area contributed by atoms with Crippen LogP contribution in [0.25, 0.3) is 5.76 Å². The molecule has 1 fully saturated rings. The highest BCUT2D eigenvalue weighted by Crippen LogP contribution is 2.40. The van der Waals surface area contributed by atoms with Crippen molar-refractivity contribution in [2.24, 2.45) is 0 Å². The topological polar surface area (TPSA) is 76.1 Å². The lowest BCUT2D eigenvalue weighted by molar-refractivity contribution is -0.139. The van der Waals surface area contributed by atoms with E-state index in [1.807, 2.05) is 50.2 Å². The summed E-state index contributed by atoms with van der Waals surface area (Å²) in [5, 5.41) is 11.2. The molecule has 6 nitrogen and oxygen atoms in total. The van der Waals surface area contributed by atoms with Gasteiger partial charge in [-0.25, -0.2) is 0 Å². The van der Waals surface area contributed by atoms with Crippen LogP contribution in [0.4, 0.5) is 0 Å². The van der Waals surface area contributed by atoms with Crippen molar-refractivity contribution in [3.8, 4) is 11.5 Å². The predicted molar refractivity (Wildman–Crippen MR) is 122 cm³/mol. The molecule has 2 aliphatic rings. The van der Waals surface area contributed by atoms with Gasteiger partial charge in [-0.15, -0.1) is 0 Å². The van der Waals surface area contributed by atoms with Gasteiger partial charge in [-0.2, -0.15) is 0 Å².